The minimum Gasteiger partial charge on any atom is -0.479 e. The summed E-state index contributed by atoms with van der Waals surface area (Å²) in [5.74, 6) is -0.868. The maximum Gasteiger partial charge on any atom is 0.338 e. The molecule has 1 rings (SSSR count). The molecule has 0 saturated carbocycles. The topological polar surface area (TPSA) is 49.8 Å². The molecule has 0 unspecified atom stereocenters. The van der Waals surface area contributed by atoms with Crippen LogP contribution in [-0.2, 0) is 9.53 Å². The standard InChI is InChI=1S/C4H6O3/c1-4(2-7-4)3(5)6/h2H2,1H3,(H,5,6)/t4-/m1/s1. The Morgan fingerprint density at radius 1 is 2.00 bits per heavy atom. The highest BCUT2D eigenvalue weighted by molar-refractivity contribution is 5.79. The van der Waals surface area contributed by atoms with E-state index < -0.39 is 11.6 Å². The van der Waals surface area contributed by atoms with Gasteiger partial charge in [0.25, 0.3) is 0 Å². The number of epoxide rings is 1. The molecule has 1 aliphatic heterocycles. The van der Waals surface area contributed by atoms with Gasteiger partial charge in [0, 0.05) is 0 Å². The molecule has 1 aliphatic rings. The van der Waals surface area contributed by atoms with Gasteiger partial charge < -0.3 is 9.84 Å². The second-order valence-electron chi connectivity index (χ2n) is 1.82. The van der Waals surface area contributed by atoms with Gasteiger partial charge in [-0.3, -0.25) is 0 Å². The third-order valence-electron chi connectivity index (χ3n) is 1.03. The van der Waals surface area contributed by atoms with E-state index in [-0.39, 0.29) is 0 Å². The molecule has 0 aromatic carbocycles. The lowest BCUT2D eigenvalue weighted by Gasteiger charge is -1.90. The highest BCUT2D eigenvalue weighted by Gasteiger charge is 2.47. The van der Waals surface area contributed by atoms with Gasteiger partial charge in [-0.15, -0.1) is 0 Å². The summed E-state index contributed by atoms with van der Waals surface area (Å²) < 4.78 is 4.56. The molecule has 7 heavy (non-hydrogen) atoms. The Labute approximate surface area is 40.9 Å². The molecule has 0 aromatic heterocycles. The van der Waals surface area contributed by atoms with Crippen molar-refractivity contribution in [1.82, 2.24) is 0 Å². The summed E-state index contributed by atoms with van der Waals surface area (Å²) in [5, 5.41) is 8.19. The van der Waals surface area contributed by atoms with E-state index in [2.05, 4.69) is 4.74 Å². The average molecular weight is 102 g/mol. The Morgan fingerprint density at radius 3 is 2.43 bits per heavy atom. The number of aliphatic carboxylic acids is 1. The van der Waals surface area contributed by atoms with E-state index in [0.717, 1.165) is 0 Å². The predicted molar refractivity (Wildman–Crippen MR) is 22.0 cm³/mol. The Kier molecular flexibility index (Phi) is 0.642. The molecule has 1 atom stereocenters. The molecular formula is C4H6O3. The number of hydrogen-bond donors (Lipinski definition) is 1. The summed E-state index contributed by atoms with van der Waals surface area (Å²) in [6, 6.07) is 0. The largest absolute Gasteiger partial charge is 0.479 e. The minimum atomic E-state index is -0.868. The average Bonchev–Trinajstić information content (AvgIpc) is 2.21. The Balaban J connectivity index is 2.55. The van der Waals surface area contributed by atoms with Crippen molar-refractivity contribution in [1.29, 1.82) is 0 Å². The van der Waals surface area contributed by atoms with E-state index in [1.54, 1.807) is 6.92 Å². The molecule has 0 amide bonds. The lowest BCUT2D eigenvalue weighted by molar-refractivity contribution is -0.142. The van der Waals surface area contributed by atoms with Crippen LogP contribution in [0.3, 0.4) is 0 Å². The van der Waals surface area contributed by atoms with Gasteiger partial charge in [-0.2, -0.15) is 0 Å². The SMILES string of the molecule is C[C@]1(C(=O)O)CO1. The first kappa shape index (κ1) is 4.59. The van der Waals surface area contributed by atoms with Crippen molar-refractivity contribution >= 4 is 5.97 Å². The maximum absolute atomic E-state index is 9.96. The van der Waals surface area contributed by atoms with Crippen molar-refractivity contribution in [2.75, 3.05) is 6.61 Å². The van der Waals surface area contributed by atoms with E-state index in [4.69, 9.17) is 5.11 Å². The van der Waals surface area contributed by atoms with Crippen molar-refractivity contribution in [3.8, 4) is 0 Å². The van der Waals surface area contributed by atoms with E-state index in [1.165, 1.54) is 0 Å². The second-order valence-corrected chi connectivity index (χ2v) is 1.82. The second kappa shape index (κ2) is 0.980. The molecule has 3 nitrogen and oxygen atoms in total. The fraction of sp³-hybridized carbons (Fsp3) is 0.750. The van der Waals surface area contributed by atoms with E-state index in [0.29, 0.717) is 6.61 Å². The van der Waals surface area contributed by atoms with E-state index in [1.807, 2.05) is 0 Å². The van der Waals surface area contributed by atoms with Crippen LogP contribution in [0.2, 0.25) is 0 Å². The summed E-state index contributed by atoms with van der Waals surface area (Å²) in [5.41, 5.74) is -0.833. The number of carbonyl (C=O) groups is 1. The summed E-state index contributed by atoms with van der Waals surface area (Å²) in [6.07, 6.45) is 0. The van der Waals surface area contributed by atoms with Crippen molar-refractivity contribution < 1.29 is 14.6 Å². The molecule has 0 bridgehead atoms. The Hall–Kier alpha value is -0.570. The highest BCUT2D eigenvalue weighted by Crippen LogP contribution is 2.25. The van der Waals surface area contributed by atoms with Crippen molar-refractivity contribution in [3.63, 3.8) is 0 Å². The van der Waals surface area contributed by atoms with Crippen molar-refractivity contribution in [2.45, 2.75) is 12.5 Å². The van der Waals surface area contributed by atoms with Crippen molar-refractivity contribution in [2.24, 2.45) is 0 Å². The molecule has 1 saturated heterocycles. The van der Waals surface area contributed by atoms with Gasteiger partial charge in [-0.25, -0.2) is 4.79 Å². The zero-order valence-corrected chi connectivity index (χ0v) is 3.97. The van der Waals surface area contributed by atoms with Gasteiger partial charge in [-0.1, -0.05) is 0 Å². The predicted octanol–water partition coefficient (Wildman–Crippen LogP) is -0.140. The number of hydrogen-bond acceptors (Lipinski definition) is 2. The summed E-state index contributed by atoms with van der Waals surface area (Å²) in [6.45, 7) is 1.91. The van der Waals surface area contributed by atoms with Gasteiger partial charge in [-0.05, 0) is 6.92 Å². The number of ether oxygens (including phenoxy) is 1. The quantitative estimate of drug-likeness (QED) is 0.469. The third kappa shape index (κ3) is 0.587. The fourth-order valence-electron chi connectivity index (χ4n) is 0.232. The Bertz CT molecular complexity index is 104. The summed E-state index contributed by atoms with van der Waals surface area (Å²) >= 11 is 0. The molecule has 1 fully saturated rings. The molecular weight excluding hydrogens is 96.0 g/mol. The monoisotopic (exact) mass is 102 g/mol. The van der Waals surface area contributed by atoms with Gasteiger partial charge >= 0.3 is 5.97 Å². The molecule has 0 aliphatic carbocycles. The highest BCUT2D eigenvalue weighted by atomic mass is 16.6. The lowest BCUT2D eigenvalue weighted by Crippen LogP contribution is -2.18. The zero-order valence-electron chi connectivity index (χ0n) is 3.97. The van der Waals surface area contributed by atoms with Crippen LogP contribution in [-0.4, -0.2) is 23.3 Å². The molecule has 1 N–H and O–H groups in total. The first-order valence-corrected chi connectivity index (χ1v) is 2.02. The van der Waals surface area contributed by atoms with Gasteiger partial charge in [0.05, 0.1) is 6.61 Å². The zero-order chi connectivity index (χ0) is 5.49. The first-order valence-electron chi connectivity index (χ1n) is 2.02. The van der Waals surface area contributed by atoms with Crippen LogP contribution < -0.4 is 0 Å². The summed E-state index contributed by atoms with van der Waals surface area (Å²) in [7, 11) is 0. The third-order valence-corrected chi connectivity index (χ3v) is 1.03. The van der Waals surface area contributed by atoms with Gasteiger partial charge in [0.15, 0.2) is 5.60 Å². The molecule has 0 spiro atoms. The van der Waals surface area contributed by atoms with Crippen LogP contribution in [0.5, 0.6) is 0 Å². The number of rotatable bonds is 1. The van der Waals surface area contributed by atoms with Crippen LogP contribution in [0.15, 0.2) is 0 Å². The molecule has 1 heterocycles. The Morgan fingerprint density at radius 2 is 2.43 bits per heavy atom. The lowest BCUT2D eigenvalue weighted by atomic mass is 10.2. The van der Waals surface area contributed by atoms with Crippen LogP contribution in [0, 0.1) is 0 Å². The van der Waals surface area contributed by atoms with E-state index >= 15 is 0 Å². The number of carboxylic acids is 1. The van der Waals surface area contributed by atoms with Gasteiger partial charge in [0.2, 0.25) is 0 Å². The fourth-order valence-corrected chi connectivity index (χ4v) is 0.232. The first-order chi connectivity index (χ1) is 3.15. The summed E-state index contributed by atoms with van der Waals surface area (Å²) in [4.78, 5) is 9.96. The molecule has 0 aromatic rings. The molecule has 0 radical (unpaired) electrons. The minimum absolute atomic E-state index is 0.363. The maximum atomic E-state index is 9.96. The smallest absolute Gasteiger partial charge is 0.338 e. The van der Waals surface area contributed by atoms with Crippen molar-refractivity contribution in [3.05, 3.63) is 0 Å². The van der Waals surface area contributed by atoms with Crippen LogP contribution >= 0.6 is 0 Å². The normalized spacial score (nSPS) is 37.9. The van der Waals surface area contributed by atoms with Gasteiger partial charge in [0.1, 0.15) is 0 Å². The van der Waals surface area contributed by atoms with E-state index in [9.17, 15) is 4.79 Å². The van der Waals surface area contributed by atoms with Crippen LogP contribution in [0.1, 0.15) is 6.92 Å². The number of carboxylic acid groups (broad SMARTS) is 1. The molecule has 3 heteroatoms. The molecule has 40 valence electrons. The van der Waals surface area contributed by atoms with Crippen LogP contribution in [0.25, 0.3) is 0 Å². The van der Waals surface area contributed by atoms with Crippen LogP contribution in [0.4, 0.5) is 0 Å².